The van der Waals surface area contributed by atoms with Crippen molar-refractivity contribution in [1.82, 2.24) is 0 Å². The molecule has 0 N–H and O–H groups in total. The standard InChI is InChI=1S/C13H22O3/c1-8(2)11-6-5-9(3)12(13(11)15)7-16-10(4)14/h8-9,11-12H,5-7H2,1-4H3/t9-,11+,12+/m1/s1. The lowest BCUT2D eigenvalue weighted by Crippen LogP contribution is -2.39. The van der Waals surface area contributed by atoms with Crippen LogP contribution in [0.15, 0.2) is 0 Å². The number of carbonyl (C=O) groups excluding carboxylic acids is 2. The molecule has 0 amide bonds. The van der Waals surface area contributed by atoms with Crippen molar-refractivity contribution in [2.45, 2.75) is 40.5 Å². The number of carbonyl (C=O) groups is 2. The van der Waals surface area contributed by atoms with Crippen LogP contribution in [0, 0.1) is 23.7 Å². The zero-order valence-electron chi connectivity index (χ0n) is 10.7. The van der Waals surface area contributed by atoms with Crippen LogP contribution < -0.4 is 0 Å². The van der Waals surface area contributed by atoms with Crippen LogP contribution in [0.2, 0.25) is 0 Å². The maximum absolute atomic E-state index is 12.2. The monoisotopic (exact) mass is 226 g/mol. The molecule has 0 aromatic carbocycles. The minimum absolute atomic E-state index is 0.0925. The summed E-state index contributed by atoms with van der Waals surface area (Å²) in [5.41, 5.74) is 0. The van der Waals surface area contributed by atoms with Gasteiger partial charge in [0.1, 0.15) is 12.4 Å². The van der Waals surface area contributed by atoms with Gasteiger partial charge in [0, 0.05) is 12.8 Å². The first kappa shape index (κ1) is 13.2. The van der Waals surface area contributed by atoms with Gasteiger partial charge in [-0.15, -0.1) is 0 Å². The van der Waals surface area contributed by atoms with Crippen LogP contribution in [0.3, 0.4) is 0 Å². The van der Waals surface area contributed by atoms with Gasteiger partial charge in [-0.25, -0.2) is 0 Å². The average Bonchev–Trinajstić information content (AvgIpc) is 2.16. The highest BCUT2D eigenvalue weighted by atomic mass is 16.5. The summed E-state index contributed by atoms with van der Waals surface area (Å²) in [6.07, 6.45) is 2.04. The van der Waals surface area contributed by atoms with Crippen molar-refractivity contribution in [3.63, 3.8) is 0 Å². The van der Waals surface area contributed by atoms with Crippen molar-refractivity contribution in [3.8, 4) is 0 Å². The summed E-state index contributed by atoms with van der Waals surface area (Å²) in [6, 6.07) is 0. The largest absolute Gasteiger partial charge is 0.465 e. The van der Waals surface area contributed by atoms with Gasteiger partial charge in [-0.3, -0.25) is 9.59 Å². The number of ketones is 1. The molecule has 0 radical (unpaired) electrons. The summed E-state index contributed by atoms with van der Waals surface area (Å²) in [7, 11) is 0. The molecule has 16 heavy (non-hydrogen) atoms. The number of rotatable bonds is 3. The van der Waals surface area contributed by atoms with Crippen molar-refractivity contribution in [2.75, 3.05) is 6.61 Å². The first-order valence-corrected chi connectivity index (χ1v) is 6.10. The Bertz CT molecular complexity index is 270. The summed E-state index contributed by atoms with van der Waals surface area (Å²) in [5.74, 6) is 0.769. The van der Waals surface area contributed by atoms with Crippen molar-refractivity contribution < 1.29 is 14.3 Å². The fourth-order valence-electron chi connectivity index (χ4n) is 2.46. The van der Waals surface area contributed by atoms with Gasteiger partial charge in [0.25, 0.3) is 0 Å². The van der Waals surface area contributed by atoms with Crippen molar-refractivity contribution in [3.05, 3.63) is 0 Å². The molecular formula is C13H22O3. The van der Waals surface area contributed by atoms with Crippen LogP contribution in [0.1, 0.15) is 40.5 Å². The summed E-state index contributed by atoms with van der Waals surface area (Å²) in [6.45, 7) is 7.89. The maximum atomic E-state index is 12.2. The minimum Gasteiger partial charge on any atom is -0.465 e. The smallest absolute Gasteiger partial charge is 0.302 e. The number of esters is 1. The van der Waals surface area contributed by atoms with E-state index in [0.29, 0.717) is 11.8 Å². The molecule has 0 aromatic rings. The van der Waals surface area contributed by atoms with Gasteiger partial charge >= 0.3 is 5.97 Å². The third-order valence-corrected chi connectivity index (χ3v) is 3.62. The lowest BCUT2D eigenvalue weighted by Gasteiger charge is -2.34. The predicted molar refractivity (Wildman–Crippen MR) is 61.9 cm³/mol. The van der Waals surface area contributed by atoms with Crippen LogP contribution in [0.5, 0.6) is 0 Å². The molecular weight excluding hydrogens is 204 g/mol. The first-order chi connectivity index (χ1) is 7.43. The highest BCUT2D eigenvalue weighted by molar-refractivity contribution is 5.85. The number of hydrogen-bond donors (Lipinski definition) is 0. The second kappa shape index (κ2) is 5.46. The number of Topliss-reactive ketones (excluding diaryl/α,β-unsaturated/α-hetero) is 1. The highest BCUT2D eigenvalue weighted by Crippen LogP contribution is 2.34. The van der Waals surface area contributed by atoms with E-state index < -0.39 is 0 Å². The number of hydrogen-bond acceptors (Lipinski definition) is 3. The molecule has 0 aromatic heterocycles. The van der Waals surface area contributed by atoms with Gasteiger partial charge in [0.15, 0.2) is 0 Å². The summed E-state index contributed by atoms with van der Waals surface area (Å²) >= 11 is 0. The zero-order valence-corrected chi connectivity index (χ0v) is 10.7. The molecule has 0 spiro atoms. The molecule has 0 unspecified atom stereocenters. The van der Waals surface area contributed by atoms with Crippen LogP contribution in [0.4, 0.5) is 0 Å². The first-order valence-electron chi connectivity index (χ1n) is 6.10. The molecule has 1 saturated carbocycles. The van der Waals surface area contributed by atoms with Crippen LogP contribution in [-0.2, 0) is 14.3 Å². The molecule has 0 saturated heterocycles. The third kappa shape index (κ3) is 3.06. The Hall–Kier alpha value is -0.860. The summed E-state index contributed by atoms with van der Waals surface area (Å²) in [5, 5.41) is 0. The second-order valence-corrected chi connectivity index (χ2v) is 5.22. The molecule has 0 bridgehead atoms. The SMILES string of the molecule is CC(=O)OC[C@@H]1C(=O)[C@H](C(C)C)CC[C@H]1C. The van der Waals surface area contributed by atoms with E-state index in [2.05, 4.69) is 20.8 Å². The summed E-state index contributed by atoms with van der Waals surface area (Å²) in [4.78, 5) is 23.0. The van der Waals surface area contributed by atoms with E-state index in [9.17, 15) is 9.59 Å². The maximum Gasteiger partial charge on any atom is 0.302 e. The molecule has 3 atom stereocenters. The molecule has 92 valence electrons. The van der Waals surface area contributed by atoms with Gasteiger partial charge in [-0.2, -0.15) is 0 Å². The van der Waals surface area contributed by atoms with E-state index >= 15 is 0 Å². The predicted octanol–water partition coefficient (Wildman–Crippen LogP) is 2.44. The Kier molecular flexibility index (Phi) is 4.51. The van der Waals surface area contributed by atoms with Gasteiger partial charge in [-0.05, 0) is 24.7 Å². The fraction of sp³-hybridized carbons (Fsp3) is 0.846. The van der Waals surface area contributed by atoms with E-state index in [0.717, 1.165) is 12.8 Å². The van der Waals surface area contributed by atoms with Crippen LogP contribution >= 0.6 is 0 Å². The normalized spacial score (nSPS) is 30.6. The van der Waals surface area contributed by atoms with E-state index in [1.165, 1.54) is 6.92 Å². The van der Waals surface area contributed by atoms with Gasteiger partial charge < -0.3 is 4.74 Å². The second-order valence-electron chi connectivity index (χ2n) is 5.22. The van der Waals surface area contributed by atoms with Gasteiger partial charge in [0.05, 0.1) is 5.92 Å². The Labute approximate surface area is 97.5 Å². The highest BCUT2D eigenvalue weighted by Gasteiger charge is 2.37. The van der Waals surface area contributed by atoms with E-state index in [1.807, 2.05) is 0 Å². The Morgan fingerprint density at radius 2 is 2.06 bits per heavy atom. The molecule has 0 heterocycles. The Morgan fingerprint density at radius 1 is 1.44 bits per heavy atom. The van der Waals surface area contributed by atoms with Crippen LogP contribution in [-0.4, -0.2) is 18.4 Å². The van der Waals surface area contributed by atoms with Crippen LogP contribution in [0.25, 0.3) is 0 Å². The van der Waals surface area contributed by atoms with Gasteiger partial charge in [-0.1, -0.05) is 20.8 Å². The third-order valence-electron chi connectivity index (χ3n) is 3.62. The molecule has 1 aliphatic carbocycles. The van der Waals surface area contributed by atoms with Gasteiger partial charge in [0.2, 0.25) is 0 Å². The Morgan fingerprint density at radius 3 is 2.56 bits per heavy atom. The van der Waals surface area contributed by atoms with Crippen molar-refractivity contribution >= 4 is 11.8 Å². The topological polar surface area (TPSA) is 43.4 Å². The lowest BCUT2D eigenvalue weighted by molar-refractivity contribution is -0.147. The van der Waals surface area contributed by atoms with Crippen molar-refractivity contribution in [1.29, 1.82) is 0 Å². The molecule has 3 nitrogen and oxygen atoms in total. The molecule has 1 aliphatic rings. The Balaban J connectivity index is 2.64. The molecule has 1 rings (SSSR count). The fourth-order valence-corrected chi connectivity index (χ4v) is 2.46. The molecule has 1 fully saturated rings. The lowest BCUT2D eigenvalue weighted by atomic mass is 9.70. The van der Waals surface area contributed by atoms with Crippen molar-refractivity contribution in [2.24, 2.45) is 23.7 Å². The quantitative estimate of drug-likeness (QED) is 0.694. The number of ether oxygens (including phenoxy) is 1. The average molecular weight is 226 g/mol. The molecule has 0 aliphatic heterocycles. The van der Waals surface area contributed by atoms with E-state index in [-0.39, 0.29) is 30.2 Å². The summed E-state index contributed by atoms with van der Waals surface area (Å²) < 4.78 is 4.99. The van der Waals surface area contributed by atoms with E-state index in [4.69, 9.17) is 4.74 Å². The zero-order chi connectivity index (χ0) is 12.3. The van der Waals surface area contributed by atoms with E-state index in [1.54, 1.807) is 0 Å². The molecule has 3 heteroatoms. The minimum atomic E-state index is -0.299.